The number of rotatable bonds is 2. The summed E-state index contributed by atoms with van der Waals surface area (Å²) in [6, 6.07) is 3.58. The third kappa shape index (κ3) is 2.68. The number of hydrogen-bond acceptors (Lipinski definition) is 4. The van der Waals surface area contributed by atoms with Crippen molar-refractivity contribution in [3.63, 3.8) is 0 Å². The van der Waals surface area contributed by atoms with Crippen molar-refractivity contribution in [2.75, 3.05) is 19.6 Å². The number of nitrogens with zero attached hydrogens (tertiary/aromatic N) is 2. The van der Waals surface area contributed by atoms with Crippen LogP contribution in [0.4, 0.5) is 0 Å². The number of halogens is 2. The van der Waals surface area contributed by atoms with Crippen molar-refractivity contribution in [2.24, 2.45) is 0 Å². The molecule has 1 amide bonds. The van der Waals surface area contributed by atoms with Gasteiger partial charge in [0.15, 0.2) is 0 Å². The highest BCUT2D eigenvalue weighted by atomic mass is 35.5. The number of phenolic OH excluding ortho intramolecular Hbond substituents is 1. The summed E-state index contributed by atoms with van der Waals surface area (Å²) >= 11 is 12.4. The van der Waals surface area contributed by atoms with Gasteiger partial charge in [-0.25, -0.2) is 0 Å². The van der Waals surface area contributed by atoms with Crippen molar-refractivity contribution < 1.29 is 15.0 Å². The Bertz CT molecular complexity index is 678. The highest BCUT2D eigenvalue weighted by molar-refractivity contribution is 6.42. The molecule has 1 aliphatic carbocycles. The first kappa shape index (κ1) is 16.5. The number of phenols is 1. The summed E-state index contributed by atoms with van der Waals surface area (Å²) in [5, 5.41) is 20.5. The second-order valence-corrected chi connectivity index (χ2v) is 7.92. The van der Waals surface area contributed by atoms with Crippen LogP contribution in [0.15, 0.2) is 12.1 Å². The third-order valence-electron chi connectivity index (χ3n) is 5.64. The van der Waals surface area contributed by atoms with Crippen molar-refractivity contribution in [1.82, 2.24) is 9.80 Å². The maximum Gasteiger partial charge on any atom is 0.237 e. The number of aliphatic hydroxyl groups is 1. The summed E-state index contributed by atoms with van der Waals surface area (Å²) in [5.41, 5.74) is 0.650. The zero-order valence-corrected chi connectivity index (χ0v) is 14.7. The Labute approximate surface area is 150 Å². The standard InChI is InChI=1S/C17H20Cl2N2O3/c18-13-1-2-14(23)16(17(13)19)9-3-11-7-20(10-4-12(22)5-10)8-15(24)21(11)6-9/h1-2,9-12,22-23H,3-8H2/t9-,10-,11-,12-/m0/s1. The molecule has 2 aliphatic heterocycles. The molecule has 2 N–H and O–H groups in total. The predicted octanol–water partition coefficient (Wildman–Crippen LogP) is 2.22. The molecule has 3 aliphatic rings. The Balaban J connectivity index is 1.53. The minimum Gasteiger partial charge on any atom is -0.508 e. The topological polar surface area (TPSA) is 64.0 Å². The van der Waals surface area contributed by atoms with Gasteiger partial charge in [0, 0.05) is 36.7 Å². The number of aromatic hydroxyl groups is 1. The van der Waals surface area contributed by atoms with E-state index in [1.54, 1.807) is 12.1 Å². The SMILES string of the molecule is O=C1CN([C@H]2C[C@H](O)C2)C[C@@H]2C[C@H](c3c(O)ccc(Cl)c3Cl)CN12. The molecule has 1 saturated carbocycles. The number of hydrogen-bond donors (Lipinski definition) is 2. The van der Waals surface area contributed by atoms with Crippen LogP contribution in [0.5, 0.6) is 5.75 Å². The maximum atomic E-state index is 12.5. The molecule has 2 atom stereocenters. The molecule has 5 nitrogen and oxygen atoms in total. The highest BCUT2D eigenvalue weighted by Gasteiger charge is 2.45. The van der Waals surface area contributed by atoms with E-state index in [2.05, 4.69) is 4.90 Å². The first-order valence-electron chi connectivity index (χ1n) is 8.32. The van der Waals surface area contributed by atoms with Gasteiger partial charge in [-0.05, 0) is 31.4 Å². The Kier molecular flexibility index (Phi) is 4.15. The number of aliphatic hydroxyl groups excluding tert-OH is 1. The lowest BCUT2D eigenvalue weighted by Gasteiger charge is -2.45. The molecular weight excluding hydrogens is 351 g/mol. The Morgan fingerprint density at radius 3 is 2.54 bits per heavy atom. The molecule has 0 aromatic heterocycles. The minimum atomic E-state index is -0.221. The Hall–Kier alpha value is -1.01. The number of benzene rings is 1. The van der Waals surface area contributed by atoms with Gasteiger partial charge in [0.2, 0.25) is 5.91 Å². The van der Waals surface area contributed by atoms with E-state index in [-0.39, 0.29) is 29.7 Å². The molecule has 24 heavy (non-hydrogen) atoms. The Morgan fingerprint density at radius 1 is 1.08 bits per heavy atom. The number of carbonyl (C=O) groups is 1. The van der Waals surface area contributed by atoms with E-state index in [0.29, 0.717) is 34.7 Å². The zero-order valence-electron chi connectivity index (χ0n) is 13.2. The quantitative estimate of drug-likeness (QED) is 0.837. The number of amides is 1. The molecule has 4 rings (SSSR count). The average molecular weight is 371 g/mol. The van der Waals surface area contributed by atoms with Gasteiger partial charge in [-0.1, -0.05) is 23.2 Å². The number of piperazine rings is 1. The van der Waals surface area contributed by atoms with Crippen LogP contribution in [-0.4, -0.2) is 63.7 Å². The molecule has 0 bridgehead atoms. The van der Waals surface area contributed by atoms with Crippen LogP contribution >= 0.6 is 23.2 Å². The summed E-state index contributed by atoms with van der Waals surface area (Å²) in [4.78, 5) is 16.6. The maximum absolute atomic E-state index is 12.5. The van der Waals surface area contributed by atoms with Crippen LogP contribution in [-0.2, 0) is 4.79 Å². The molecule has 7 heteroatoms. The van der Waals surface area contributed by atoms with E-state index in [9.17, 15) is 15.0 Å². The molecule has 0 radical (unpaired) electrons. The van der Waals surface area contributed by atoms with Crippen molar-refractivity contribution in [3.8, 4) is 5.75 Å². The van der Waals surface area contributed by atoms with Gasteiger partial charge < -0.3 is 15.1 Å². The minimum absolute atomic E-state index is 0.00270. The number of carbonyl (C=O) groups excluding carboxylic acids is 1. The third-order valence-corrected chi connectivity index (χ3v) is 6.46. The fourth-order valence-electron chi connectivity index (χ4n) is 4.28. The second-order valence-electron chi connectivity index (χ2n) is 7.14. The van der Waals surface area contributed by atoms with Gasteiger partial charge >= 0.3 is 0 Å². The monoisotopic (exact) mass is 370 g/mol. The smallest absolute Gasteiger partial charge is 0.237 e. The largest absolute Gasteiger partial charge is 0.508 e. The fourth-order valence-corrected chi connectivity index (χ4v) is 4.76. The van der Waals surface area contributed by atoms with E-state index in [1.807, 2.05) is 4.90 Å². The van der Waals surface area contributed by atoms with Crippen LogP contribution in [0.2, 0.25) is 10.0 Å². The lowest BCUT2D eigenvalue weighted by Crippen LogP contribution is -2.59. The molecule has 1 aromatic carbocycles. The van der Waals surface area contributed by atoms with Crippen LogP contribution < -0.4 is 0 Å². The Morgan fingerprint density at radius 2 is 1.83 bits per heavy atom. The van der Waals surface area contributed by atoms with Crippen molar-refractivity contribution >= 4 is 29.1 Å². The molecule has 3 fully saturated rings. The first-order valence-corrected chi connectivity index (χ1v) is 9.08. The van der Waals surface area contributed by atoms with Crippen LogP contribution in [0.25, 0.3) is 0 Å². The molecule has 2 saturated heterocycles. The predicted molar refractivity (Wildman–Crippen MR) is 91.6 cm³/mol. The molecular formula is C17H20Cl2N2O3. The van der Waals surface area contributed by atoms with Gasteiger partial charge in [0.05, 0.1) is 22.7 Å². The van der Waals surface area contributed by atoms with E-state index < -0.39 is 0 Å². The lowest BCUT2D eigenvalue weighted by atomic mass is 9.87. The summed E-state index contributed by atoms with van der Waals surface area (Å²) < 4.78 is 0. The van der Waals surface area contributed by atoms with Gasteiger partial charge in [-0.15, -0.1) is 0 Å². The summed E-state index contributed by atoms with van der Waals surface area (Å²) in [5.74, 6) is 0.255. The first-order chi connectivity index (χ1) is 11.4. The molecule has 0 spiro atoms. The summed E-state index contributed by atoms with van der Waals surface area (Å²) in [6.07, 6.45) is 2.06. The molecule has 2 heterocycles. The van der Waals surface area contributed by atoms with Gasteiger partial charge in [-0.3, -0.25) is 9.69 Å². The van der Waals surface area contributed by atoms with E-state index >= 15 is 0 Å². The van der Waals surface area contributed by atoms with Crippen LogP contribution in [0.3, 0.4) is 0 Å². The van der Waals surface area contributed by atoms with Crippen molar-refractivity contribution in [2.45, 2.75) is 43.4 Å². The van der Waals surface area contributed by atoms with Crippen LogP contribution in [0, 0.1) is 0 Å². The summed E-state index contributed by atoms with van der Waals surface area (Å²) in [7, 11) is 0. The number of fused-ring (bicyclic) bond motifs is 1. The lowest BCUT2D eigenvalue weighted by molar-refractivity contribution is -0.141. The summed E-state index contributed by atoms with van der Waals surface area (Å²) in [6.45, 7) is 1.80. The van der Waals surface area contributed by atoms with Gasteiger partial charge in [-0.2, -0.15) is 0 Å². The molecule has 1 aromatic rings. The van der Waals surface area contributed by atoms with Crippen molar-refractivity contribution in [1.29, 1.82) is 0 Å². The van der Waals surface area contributed by atoms with Crippen molar-refractivity contribution in [3.05, 3.63) is 27.7 Å². The van der Waals surface area contributed by atoms with Gasteiger partial charge in [0.25, 0.3) is 0 Å². The van der Waals surface area contributed by atoms with E-state index in [0.717, 1.165) is 25.8 Å². The average Bonchev–Trinajstić information content (AvgIpc) is 2.92. The zero-order chi connectivity index (χ0) is 17.0. The second kappa shape index (κ2) is 6.06. The fraction of sp³-hybridized carbons (Fsp3) is 0.588. The normalized spacial score (nSPS) is 33.5. The van der Waals surface area contributed by atoms with E-state index in [1.165, 1.54) is 0 Å². The van der Waals surface area contributed by atoms with Crippen LogP contribution in [0.1, 0.15) is 30.7 Å². The van der Waals surface area contributed by atoms with E-state index in [4.69, 9.17) is 23.2 Å². The highest BCUT2D eigenvalue weighted by Crippen LogP contribution is 2.44. The van der Waals surface area contributed by atoms with Gasteiger partial charge in [0.1, 0.15) is 5.75 Å². The molecule has 130 valence electrons. The molecule has 0 unspecified atom stereocenters.